The molecule has 0 unspecified atom stereocenters. The van der Waals surface area contributed by atoms with Crippen LogP contribution in [0.25, 0.3) is 33.5 Å². The number of nitrogens with zero attached hydrogens (tertiary/aromatic N) is 2. The number of alkyl halides is 3. The molecule has 11 heteroatoms. The summed E-state index contributed by atoms with van der Waals surface area (Å²) in [7, 11) is 0. The molecule has 0 bridgehead atoms. The number of aromatic nitrogens is 2. The number of rotatable bonds is 7. The summed E-state index contributed by atoms with van der Waals surface area (Å²) in [6, 6.07) is 21.6. The van der Waals surface area contributed by atoms with Gasteiger partial charge in [0.2, 0.25) is 0 Å². The van der Waals surface area contributed by atoms with Crippen molar-refractivity contribution in [1.29, 1.82) is 0 Å². The van der Waals surface area contributed by atoms with Crippen LogP contribution in [0.4, 0.5) is 17.6 Å². The number of nitrogens with one attached hydrogen (secondary N) is 3. The third kappa shape index (κ3) is 8.09. The first-order chi connectivity index (χ1) is 18.7. The number of benzene rings is 3. The fourth-order valence-electron chi connectivity index (χ4n) is 4.18. The molecule has 0 atom stereocenters. The summed E-state index contributed by atoms with van der Waals surface area (Å²) < 4.78 is 45.2. The number of H-pyrrole nitrogens is 1. The zero-order chi connectivity index (χ0) is 27.8. The highest BCUT2D eigenvalue weighted by atomic mass is 19.4. The van der Waals surface area contributed by atoms with Gasteiger partial charge in [-0.2, -0.15) is 13.2 Å². The number of piperazine rings is 1. The maximum atomic E-state index is 13.5. The van der Waals surface area contributed by atoms with E-state index in [1.165, 1.54) is 23.3 Å². The van der Waals surface area contributed by atoms with Gasteiger partial charge in [0.1, 0.15) is 11.6 Å². The lowest BCUT2D eigenvalue weighted by molar-refractivity contribution is -0.192. The third-order valence-corrected chi connectivity index (χ3v) is 6.25. The Balaban J connectivity index is 0.000000448. The Labute approximate surface area is 222 Å². The molecule has 1 fully saturated rings. The fourth-order valence-corrected chi connectivity index (χ4v) is 4.18. The molecule has 4 N–H and O–H groups in total. The highest BCUT2D eigenvalue weighted by molar-refractivity contribution is 5.80. The molecule has 39 heavy (non-hydrogen) atoms. The summed E-state index contributed by atoms with van der Waals surface area (Å²) in [4.78, 5) is 19.2. The molecule has 7 nitrogen and oxygen atoms in total. The van der Waals surface area contributed by atoms with Crippen LogP contribution in [0.15, 0.2) is 66.7 Å². The third-order valence-electron chi connectivity index (χ3n) is 6.25. The second-order valence-corrected chi connectivity index (χ2v) is 9.10. The van der Waals surface area contributed by atoms with Gasteiger partial charge < -0.3 is 20.7 Å². The number of hydrogen-bond donors (Lipinski definition) is 4. The Bertz CT molecular complexity index is 1380. The number of halogens is 4. The summed E-state index contributed by atoms with van der Waals surface area (Å²) in [5.41, 5.74) is 6.04. The zero-order valence-electron chi connectivity index (χ0n) is 21.1. The molecule has 0 radical (unpaired) electrons. The predicted molar refractivity (Wildman–Crippen MR) is 142 cm³/mol. The van der Waals surface area contributed by atoms with E-state index < -0.39 is 12.1 Å². The van der Waals surface area contributed by atoms with Crippen LogP contribution in [0.2, 0.25) is 0 Å². The van der Waals surface area contributed by atoms with Crippen LogP contribution in [0.5, 0.6) is 0 Å². The van der Waals surface area contributed by atoms with Crippen LogP contribution in [0.1, 0.15) is 5.56 Å². The lowest BCUT2D eigenvalue weighted by Gasteiger charge is -2.27. The Kier molecular flexibility index (Phi) is 9.28. The molecule has 3 aromatic carbocycles. The molecule has 1 aromatic heterocycles. The average Bonchev–Trinajstić information content (AvgIpc) is 3.35. The minimum atomic E-state index is -5.08. The second kappa shape index (κ2) is 12.8. The summed E-state index contributed by atoms with van der Waals surface area (Å²) >= 11 is 0. The molecular weight excluding hydrogens is 514 g/mol. The Hall–Kier alpha value is -3.80. The van der Waals surface area contributed by atoms with Crippen molar-refractivity contribution in [3.8, 4) is 22.5 Å². The van der Waals surface area contributed by atoms with Crippen LogP contribution in [-0.4, -0.2) is 71.4 Å². The van der Waals surface area contributed by atoms with Gasteiger partial charge in [-0.05, 0) is 41.0 Å². The molecule has 1 saturated heterocycles. The van der Waals surface area contributed by atoms with Gasteiger partial charge in [0, 0.05) is 51.4 Å². The molecule has 0 saturated carbocycles. The molecule has 4 aromatic rings. The minimum absolute atomic E-state index is 0.264. The standard InChI is InChI=1S/C26H28FN5.C2HF3O2/c27-23-8-9-24-25(17-23)31-26(30-24)22-3-1-2-21(16-22)20-6-4-19(5-7-20)18-29-12-15-32-13-10-28-11-14-32;3-2(4,5)1(6)7/h1-9,16-17,28-29H,10-15,18H2,(H,30,31);(H,6,7). The van der Waals surface area contributed by atoms with E-state index in [1.807, 2.05) is 12.1 Å². The summed E-state index contributed by atoms with van der Waals surface area (Å²) in [5, 5.41) is 14.1. The summed E-state index contributed by atoms with van der Waals surface area (Å²) in [6.07, 6.45) is -5.08. The second-order valence-electron chi connectivity index (χ2n) is 9.10. The molecule has 1 aliphatic rings. The van der Waals surface area contributed by atoms with Gasteiger partial charge in [-0.25, -0.2) is 14.2 Å². The fraction of sp³-hybridized carbons (Fsp3) is 0.286. The maximum absolute atomic E-state index is 13.5. The summed E-state index contributed by atoms with van der Waals surface area (Å²) in [5.74, 6) is -2.27. The average molecular weight is 544 g/mol. The normalized spacial score (nSPS) is 14.2. The van der Waals surface area contributed by atoms with Gasteiger partial charge in [-0.1, -0.05) is 42.5 Å². The van der Waals surface area contributed by atoms with Crippen LogP contribution < -0.4 is 10.6 Å². The van der Waals surface area contributed by atoms with Crippen molar-refractivity contribution in [2.75, 3.05) is 39.3 Å². The maximum Gasteiger partial charge on any atom is 0.490 e. The largest absolute Gasteiger partial charge is 0.490 e. The first kappa shape index (κ1) is 28.2. The van der Waals surface area contributed by atoms with Gasteiger partial charge in [0.25, 0.3) is 0 Å². The van der Waals surface area contributed by atoms with E-state index in [9.17, 15) is 17.6 Å². The van der Waals surface area contributed by atoms with Gasteiger partial charge in [0.15, 0.2) is 0 Å². The number of hydrogen-bond acceptors (Lipinski definition) is 5. The van der Waals surface area contributed by atoms with Gasteiger partial charge >= 0.3 is 12.1 Å². The molecule has 5 rings (SSSR count). The Morgan fingerprint density at radius 3 is 2.36 bits per heavy atom. The number of carboxylic acid groups (broad SMARTS) is 1. The molecule has 1 aliphatic heterocycles. The van der Waals surface area contributed by atoms with Crippen molar-refractivity contribution < 1.29 is 27.5 Å². The van der Waals surface area contributed by atoms with Crippen molar-refractivity contribution in [1.82, 2.24) is 25.5 Å². The monoisotopic (exact) mass is 543 g/mol. The molecular formula is C28H29F4N5O2. The van der Waals surface area contributed by atoms with Crippen molar-refractivity contribution >= 4 is 17.0 Å². The van der Waals surface area contributed by atoms with E-state index in [2.05, 4.69) is 61.9 Å². The predicted octanol–water partition coefficient (Wildman–Crippen LogP) is 4.66. The van der Waals surface area contributed by atoms with E-state index >= 15 is 0 Å². The minimum Gasteiger partial charge on any atom is -0.475 e. The number of fused-ring (bicyclic) bond motifs is 1. The number of carbonyl (C=O) groups is 1. The van der Waals surface area contributed by atoms with Crippen molar-refractivity contribution in [2.45, 2.75) is 12.7 Å². The number of carboxylic acids is 1. The first-order valence-electron chi connectivity index (χ1n) is 12.5. The van der Waals surface area contributed by atoms with E-state index in [4.69, 9.17) is 9.90 Å². The molecule has 0 spiro atoms. The van der Waals surface area contributed by atoms with Crippen LogP contribution in [-0.2, 0) is 11.3 Å². The lowest BCUT2D eigenvalue weighted by atomic mass is 10.0. The molecule has 0 amide bonds. The van der Waals surface area contributed by atoms with Gasteiger partial charge in [-0.15, -0.1) is 0 Å². The van der Waals surface area contributed by atoms with Crippen LogP contribution >= 0.6 is 0 Å². The molecule has 0 aliphatic carbocycles. The lowest BCUT2D eigenvalue weighted by Crippen LogP contribution is -2.45. The smallest absolute Gasteiger partial charge is 0.475 e. The Morgan fingerprint density at radius 1 is 0.974 bits per heavy atom. The number of aromatic amines is 1. The van der Waals surface area contributed by atoms with Crippen LogP contribution in [0, 0.1) is 5.82 Å². The highest BCUT2D eigenvalue weighted by Crippen LogP contribution is 2.27. The van der Waals surface area contributed by atoms with Crippen LogP contribution in [0.3, 0.4) is 0 Å². The summed E-state index contributed by atoms with van der Waals surface area (Å²) in [6.45, 7) is 7.45. The van der Waals surface area contributed by atoms with E-state index in [-0.39, 0.29) is 5.82 Å². The van der Waals surface area contributed by atoms with E-state index in [0.29, 0.717) is 5.52 Å². The topological polar surface area (TPSA) is 93.3 Å². The highest BCUT2D eigenvalue weighted by Gasteiger charge is 2.38. The molecule has 206 valence electrons. The number of aliphatic carboxylic acids is 1. The van der Waals surface area contributed by atoms with E-state index in [1.54, 1.807) is 6.07 Å². The van der Waals surface area contributed by atoms with Crippen molar-refractivity contribution in [2.24, 2.45) is 0 Å². The van der Waals surface area contributed by atoms with Crippen molar-refractivity contribution in [3.63, 3.8) is 0 Å². The van der Waals surface area contributed by atoms with Gasteiger partial charge in [0.05, 0.1) is 11.0 Å². The first-order valence-corrected chi connectivity index (χ1v) is 12.5. The zero-order valence-corrected chi connectivity index (χ0v) is 21.1. The quantitative estimate of drug-likeness (QED) is 0.200. The van der Waals surface area contributed by atoms with E-state index in [0.717, 1.165) is 68.3 Å². The number of imidazole rings is 1. The van der Waals surface area contributed by atoms with Crippen molar-refractivity contribution in [3.05, 3.63) is 78.1 Å². The molecule has 2 heterocycles. The Morgan fingerprint density at radius 2 is 1.67 bits per heavy atom. The SMILES string of the molecule is Fc1ccc2nc(-c3cccc(-c4ccc(CNCCN5CCNCC5)cc4)c3)[nH]c2c1.O=C(O)C(F)(F)F. The van der Waals surface area contributed by atoms with Gasteiger partial charge in [-0.3, -0.25) is 4.90 Å².